The molecule has 0 bridgehead atoms. The molecule has 2 aliphatic rings. The Kier molecular flexibility index (Phi) is 2.44. The van der Waals surface area contributed by atoms with Gasteiger partial charge in [0, 0.05) is 0 Å². The number of nitrogens with two attached hydrogens (primary N) is 1. The predicted octanol–water partition coefficient (Wildman–Crippen LogP) is 1.77. The molecular formula is C12H9NO4. The number of carboxylic acids is 2. The Balaban J connectivity index is 2.91. The highest BCUT2D eigenvalue weighted by Gasteiger charge is 2.28. The van der Waals surface area contributed by atoms with Crippen LogP contribution in [0.3, 0.4) is 0 Å². The zero-order valence-corrected chi connectivity index (χ0v) is 8.68. The molecule has 0 spiro atoms. The van der Waals surface area contributed by atoms with E-state index in [9.17, 15) is 9.59 Å². The van der Waals surface area contributed by atoms with Crippen molar-refractivity contribution in [2.24, 2.45) is 0 Å². The fourth-order valence-electron chi connectivity index (χ4n) is 1.86. The summed E-state index contributed by atoms with van der Waals surface area (Å²) in [6.07, 6.45) is 0. The van der Waals surface area contributed by atoms with Gasteiger partial charge in [-0.25, -0.2) is 9.59 Å². The van der Waals surface area contributed by atoms with E-state index in [4.69, 9.17) is 15.9 Å². The molecule has 5 nitrogen and oxygen atoms in total. The first-order valence-electron chi connectivity index (χ1n) is 4.80. The standard InChI is InChI=1S/C12H9NO4/c13-10-8(11(14)15)6-4-2-1-3-5-7(6)9(10)12(16)17/h1-5H,13H2,(H,14,15)(H,16,17). The summed E-state index contributed by atoms with van der Waals surface area (Å²) < 4.78 is 0. The summed E-state index contributed by atoms with van der Waals surface area (Å²) >= 11 is 0. The molecule has 0 heterocycles. The van der Waals surface area contributed by atoms with Gasteiger partial charge in [0.15, 0.2) is 0 Å². The molecular weight excluding hydrogens is 222 g/mol. The molecule has 0 aliphatic heterocycles. The molecule has 0 saturated carbocycles. The Morgan fingerprint density at radius 3 is 1.65 bits per heavy atom. The number of carbonyl (C=O) groups is 2. The zero-order valence-electron chi connectivity index (χ0n) is 8.68. The third-order valence-electron chi connectivity index (χ3n) is 2.54. The lowest BCUT2D eigenvalue weighted by Crippen LogP contribution is -2.03. The van der Waals surface area contributed by atoms with E-state index in [1.165, 1.54) is 0 Å². The highest BCUT2D eigenvalue weighted by Crippen LogP contribution is 2.38. The van der Waals surface area contributed by atoms with E-state index in [1.54, 1.807) is 30.3 Å². The number of hydrogen-bond acceptors (Lipinski definition) is 3. The smallest absolute Gasteiger partial charge is 0.338 e. The Bertz CT molecular complexity index is 543. The van der Waals surface area contributed by atoms with Gasteiger partial charge in [0.2, 0.25) is 0 Å². The maximum absolute atomic E-state index is 11.1. The zero-order chi connectivity index (χ0) is 12.6. The summed E-state index contributed by atoms with van der Waals surface area (Å²) in [5.74, 6) is -2.46. The number of rotatable bonds is 2. The van der Waals surface area contributed by atoms with Crippen molar-refractivity contribution in [3.05, 3.63) is 41.5 Å². The SMILES string of the molecule is Nc1c(C(=O)O)c2cccccc-2c1C(=O)O. The van der Waals surface area contributed by atoms with Crippen molar-refractivity contribution in [1.29, 1.82) is 0 Å². The van der Waals surface area contributed by atoms with E-state index in [-0.39, 0.29) is 16.8 Å². The lowest BCUT2D eigenvalue weighted by molar-refractivity contribution is 0.0694. The molecule has 0 radical (unpaired) electrons. The second-order valence-electron chi connectivity index (χ2n) is 3.51. The van der Waals surface area contributed by atoms with Crippen LogP contribution in [0.25, 0.3) is 11.1 Å². The fourth-order valence-corrected chi connectivity index (χ4v) is 1.86. The van der Waals surface area contributed by atoms with Crippen molar-refractivity contribution >= 4 is 17.6 Å². The Morgan fingerprint density at radius 2 is 1.29 bits per heavy atom. The van der Waals surface area contributed by atoms with Crippen LogP contribution in [0.2, 0.25) is 0 Å². The molecule has 0 aromatic heterocycles. The molecule has 0 aromatic rings. The molecule has 86 valence electrons. The summed E-state index contributed by atoms with van der Waals surface area (Å²) in [5.41, 5.74) is 5.74. The first-order chi connectivity index (χ1) is 8.04. The predicted molar refractivity (Wildman–Crippen MR) is 61.4 cm³/mol. The first kappa shape index (κ1) is 10.9. The van der Waals surface area contributed by atoms with Gasteiger partial charge in [-0.1, -0.05) is 30.3 Å². The normalized spacial score (nSPS) is 10.4. The Hall–Kier alpha value is -2.56. The van der Waals surface area contributed by atoms with Gasteiger partial charge in [-0.05, 0) is 11.1 Å². The van der Waals surface area contributed by atoms with Crippen LogP contribution >= 0.6 is 0 Å². The van der Waals surface area contributed by atoms with E-state index in [2.05, 4.69) is 0 Å². The van der Waals surface area contributed by atoms with Crippen molar-refractivity contribution in [1.82, 2.24) is 0 Å². The summed E-state index contributed by atoms with van der Waals surface area (Å²) in [4.78, 5) is 22.2. The number of fused-ring (bicyclic) bond motifs is 1. The molecule has 0 aromatic carbocycles. The Morgan fingerprint density at radius 1 is 0.882 bits per heavy atom. The molecule has 2 aliphatic carbocycles. The van der Waals surface area contributed by atoms with Gasteiger partial charge >= 0.3 is 11.9 Å². The quantitative estimate of drug-likeness (QED) is 0.731. The van der Waals surface area contributed by atoms with E-state index < -0.39 is 11.9 Å². The van der Waals surface area contributed by atoms with Gasteiger partial charge < -0.3 is 15.9 Å². The highest BCUT2D eigenvalue weighted by molar-refractivity contribution is 6.14. The van der Waals surface area contributed by atoms with E-state index >= 15 is 0 Å². The molecule has 5 heteroatoms. The topological polar surface area (TPSA) is 101 Å². The van der Waals surface area contributed by atoms with Gasteiger partial charge in [0.05, 0.1) is 16.8 Å². The van der Waals surface area contributed by atoms with E-state index in [1.807, 2.05) is 0 Å². The van der Waals surface area contributed by atoms with Crippen LogP contribution in [0, 0.1) is 0 Å². The minimum absolute atomic E-state index is 0.159. The number of aromatic carboxylic acids is 2. The number of anilines is 1. The number of carboxylic acid groups (broad SMARTS) is 2. The lowest BCUT2D eigenvalue weighted by atomic mass is 10.1. The largest absolute Gasteiger partial charge is 0.478 e. The van der Waals surface area contributed by atoms with Crippen LogP contribution in [0.15, 0.2) is 30.3 Å². The lowest BCUT2D eigenvalue weighted by Gasteiger charge is -1.95. The van der Waals surface area contributed by atoms with Gasteiger partial charge in [-0.3, -0.25) is 0 Å². The van der Waals surface area contributed by atoms with Crippen LogP contribution < -0.4 is 5.73 Å². The minimum Gasteiger partial charge on any atom is -0.478 e. The number of nitrogen functional groups attached to an aromatic ring is 1. The molecule has 17 heavy (non-hydrogen) atoms. The van der Waals surface area contributed by atoms with Crippen LogP contribution in [-0.2, 0) is 0 Å². The second kappa shape index (κ2) is 3.79. The van der Waals surface area contributed by atoms with Gasteiger partial charge in [0.1, 0.15) is 0 Å². The molecule has 0 atom stereocenters. The average Bonchev–Trinajstić information content (AvgIpc) is 2.39. The van der Waals surface area contributed by atoms with Crippen LogP contribution in [0.4, 0.5) is 5.69 Å². The summed E-state index contributed by atoms with van der Waals surface area (Å²) in [7, 11) is 0. The first-order valence-corrected chi connectivity index (χ1v) is 4.80. The summed E-state index contributed by atoms with van der Waals surface area (Å²) in [6.45, 7) is 0. The maximum atomic E-state index is 11.1. The van der Waals surface area contributed by atoms with Crippen molar-refractivity contribution in [2.45, 2.75) is 0 Å². The second-order valence-corrected chi connectivity index (χ2v) is 3.51. The Labute approximate surface area is 96.4 Å². The average molecular weight is 231 g/mol. The summed E-state index contributed by atoms with van der Waals surface area (Å²) in [5, 5.41) is 18.1. The minimum atomic E-state index is -1.23. The van der Waals surface area contributed by atoms with Crippen molar-refractivity contribution in [2.75, 3.05) is 5.73 Å². The molecule has 0 unspecified atom stereocenters. The van der Waals surface area contributed by atoms with E-state index in [0.29, 0.717) is 11.1 Å². The molecule has 0 saturated heterocycles. The van der Waals surface area contributed by atoms with Crippen LogP contribution in [0.1, 0.15) is 20.7 Å². The monoisotopic (exact) mass is 231 g/mol. The van der Waals surface area contributed by atoms with Crippen LogP contribution in [-0.4, -0.2) is 22.2 Å². The van der Waals surface area contributed by atoms with Crippen molar-refractivity contribution < 1.29 is 19.8 Å². The molecule has 4 N–H and O–H groups in total. The molecule has 0 amide bonds. The highest BCUT2D eigenvalue weighted by atomic mass is 16.4. The third-order valence-corrected chi connectivity index (χ3v) is 2.54. The maximum Gasteiger partial charge on any atom is 0.338 e. The van der Waals surface area contributed by atoms with Crippen molar-refractivity contribution in [3.8, 4) is 11.1 Å². The number of hydrogen-bond donors (Lipinski definition) is 3. The van der Waals surface area contributed by atoms with Gasteiger partial charge in [-0.15, -0.1) is 0 Å². The molecule has 0 fully saturated rings. The van der Waals surface area contributed by atoms with E-state index in [0.717, 1.165) is 0 Å². The van der Waals surface area contributed by atoms with Crippen molar-refractivity contribution in [3.63, 3.8) is 0 Å². The summed E-state index contributed by atoms with van der Waals surface area (Å²) in [6, 6.07) is 8.05. The fraction of sp³-hybridized carbons (Fsp3) is 0. The molecule has 2 rings (SSSR count). The van der Waals surface area contributed by atoms with Gasteiger partial charge in [-0.2, -0.15) is 0 Å². The van der Waals surface area contributed by atoms with Crippen LogP contribution in [0.5, 0.6) is 0 Å². The third kappa shape index (κ3) is 1.57. The van der Waals surface area contributed by atoms with Gasteiger partial charge in [0.25, 0.3) is 0 Å².